The van der Waals surface area contributed by atoms with Crippen LogP contribution in [0.5, 0.6) is 0 Å². The second-order valence-electron chi connectivity index (χ2n) is 6.41. The minimum Gasteiger partial charge on any atom is -0.372 e. The van der Waals surface area contributed by atoms with Crippen LogP contribution in [0, 0.1) is 0 Å². The van der Waals surface area contributed by atoms with Crippen molar-refractivity contribution in [1.29, 1.82) is 0 Å². The predicted molar refractivity (Wildman–Crippen MR) is 94.6 cm³/mol. The molecule has 6 heteroatoms. The molecule has 0 saturated carbocycles. The summed E-state index contributed by atoms with van der Waals surface area (Å²) in [5.74, 6) is -0.514. The van der Waals surface area contributed by atoms with Gasteiger partial charge in [-0.05, 0) is 31.5 Å². The van der Waals surface area contributed by atoms with Gasteiger partial charge in [0.1, 0.15) is 5.69 Å². The Morgan fingerprint density at radius 1 is 1.24 bits per heavy atom. The van der Waals surface area contributed by atoms with Crippen molar-refractivity contribution in [3.05, 3.63) is 59.9 Å². The molecule has 132 valence electrons. The average Bonchev–Trinajstić information content (AvgIpc) is 2.61. The molecule has 1 amide bonds. The van der Waals surface area contributed by atoms with Crippen molar-refractivity contribution in [2.45, 2.75) is 32.6 Å². The fourth-order valence-corrected chi connectivity index (χ4v) is 3.08. The summed E-state index contributed by atoms with van der Waals surface area (Å²) in [6.07, 6.45) is 1.86. The summed E-state index contributed by atoms with van der Waals surface area (Å²) in [5.41, 5.74) is 1.99. The fourth-order valence-electron chi connectivity index (χ4n) is 3.08. The maximum atomic E-state index is 12.5. The Morgan fingerprint density at radius 2 is 1.92 bits per heavy atom. The van der Waals surface area contributed by atoms with E-state index in [0.717, 1.165) is 24.3 Å². The van der Waals surface area contributed by atoms with Gasteiger partial charge in [-0.1, -0.05) is 30.3 Å². The number of morpholine rings is 1. The predicted octanol–water partition coefficient (Wildman–Crippen LogP) is 2.73. The zero-order valence-electron chi connectivity index (χ0n) is 14.5. The van der Waals surface area contributed by atoms with Gasteiger partial charge in [0.25, 0.3) is 5.91 Å². The largest absolute Gasteiger partial charge is 0.372 e. The Hall–Kier alpha value is -2.44. The van der Waals surface area contributed by atoms with Gasteiger partial charge in [0, 0.05) is 25.0 Å². The van der Waals surface area contributed by atoms with Gasteiger partial charge in [-0.3, -0.25) is 15.0 Å². The van der Waals surface area contributed by atoms with Crippen LogP contribution in [0.25, 0.3) is 0 Å². The van der Waals surface area contributed by atoms with Gasteiger partial charge in [0.2, 0.25) is 0 Å². The van der Waals surface area contributed by atoms with E-state index in [1.54, 1.807) is 12.3 Å². The first-order valence-corrected chi connectivity index (χ1v) is 8.44. The Balaban J connectivity index is 1.73. The molecule has 1 aliphatic rings. The highest BCUT2D eigenvalue weighted by Gasteiger charge is 2.24. The molecule has 1 aromatic carbocycles. The first kappa shape index (κ1) is 17.4. The lowest BCUT2D eigenvalue weighted by Gasteiger charge is -2.36. The van der Waals surface area contributed by atoms with Crippen molar-refractivity contribution in [1.82, 2.24) is 10.0 Å². The smallest absolute Gasteiger partial charge is 0.296 e. The van der Waals surface area contributed by atoms with Crippen LogP contribution >= 0.6 is 0 Å². The maximum absolute atomic E-state index is 12.5. The number of hydrogen-bond donors (Lipinski definition) is 1. The van der Waals surface area contributed by atoms with E-state index in [4.69, 9.17) is 4.74 Å². The molecule has 1 fully saturated rings. The fraction of sp³-hybridized carbons (Fsp3) is 0.368. The number of nitrogens with zero attached hydrogens (tertiary/aromatic N) is 3. The first-order chi connectivity index (χ1) is 12.0. The summed E-state index contributed by atoms with van der Waals surface area (Å²) >= 11 is 0. The number of hydrogen-bond acceptors (Lipinski definition) is 5. The standard InChI is InChI=1S/C19H23N3O3/c1-14-11-21(12-15(2)25-14)17-8-9-20-18(10-17)19(23)22(24)13-16-6-4-3-5-7-16/h3-10,14-15,24H,11-13H2,1-2H3. The van der Waals surface area contributed by atoms with Crippen LogP contribution in [-0.4, -0.2) is 46.5 Å². The third-order valence-electron chi connectivity index (χ3n) is 4.16. The molecular weight excluding hydrogens is 318 g/mol. The molecule has 1 aromatic heterocycles. The van der Waals surface area contributed by atoms with Crippen LogP contribution < -0.4 is 4.90 Å². The van der Waals surface area contributed by atoms with E-state index in [9.17, 15) is 10.0 Å². The third kappa shape index (κ3) is 4.35. The van der Waals surface area contributed by atoms with Crippen LogP contribution in [0.2, 0.25) is 0 Å². The number of amides is 1. The number of aromatic nitrogens is 1. The SMILES string of the molecule is CC1CN(c2ccnc(C(=O)N(O)Cc3ccccc3)c2)CC(C)O1. The summed E-state index contributed by atoms with van der Waals surface area (Å²) in [4.78, 5) is 18.8. The van der Waals surface area contributed by atoms with Crippen LogP contribution in [0.1, 0.15) is 29.9 Å². The van der Waals surface area contributed by atoms with E-state index >= 15 is 0 Å². The molecule has 3 rings (SSSR count). The number of ether oxygens (including phenoxy) is 1. The van der Waals surface area contributed by atoms with Crippen LogP contribution in [0.3, 0.4) is 0 Å². The number of rotatable bonds is 4. The molecule has 0 bridgehead atoms. The van der Waals surface area contributed by atoms with E-state index < -0.39 is 5.91 Å². The molecule has 0 spiro atoms. The third-order valence-corrected chi connectivity index (χ3v) is 4.16. The van der Waals surface area contributed by atoms with E-state index in [1.807, 2.05) is 50.2 Å². The molecule has 0 radical (unpaired) electrons. The lowest BCUT2D eigenvalue weighted by Crippen LogP contribution is -2.45. The zero-order chi connectivity index (χ0) is 17.8. The monoisotopic (exact) mass is 341 g/mol. The van der Waals surface area contributed by atoms with E-state index in [1.165, 1.54) is 0 Å². The molecular formula is C19H23N3O3. The molecule has 2 aromatic rings. The molecule has 2 atom stereocenters. The van der Waals surface area contributed by atoms with Gasteiger partial charge >= 0.3 is 0 Å². The summed E-state index contributed by atoms with van der Waals surface area (Å²) in [6.45, 7) is 5.71. The molecule has 0 aliphatic carbocycles. The second-order valence-corrected chi connectivity index (χ2v) is 6.41. The Bertz CT molecular complexity index is 713. The van der Waals surface area contributed by atoms with Crippen molar-refractivity contribution < 1.29 is 14.7 Å². The molecule has 1 N–H and O–H groups in total. The quantitative estimate of drug-likeness (QED) is 0.684. The Kier molecular flexibility index (Phi) is 5.31. The molecule has 25 heavy (non-hydrogen) atoms. The highest BCUT2D eigenvalue weighted by Crippen LogP contribution is 2.21. The van der Waals surface area contributed by atoms with Gasteiger partial charge in [0.15, 0.2) is 0 Å². The zero-order valence-corrected chi connectivity index (χ0v) is 14.5. The van der Waals surface area contributed by atoms with Crippen molar-refractivity contribution in [3.8, 4) is 0 Å². The highest BCUT2D eigenvalue weighted by molar-refractivity contribution is 5.92. The van der Waals surface area contributed by atoms with Crippen LogP contribution in [-0.2, 0) is 11.3 Å². The van der Waals surface area contributed by atoms with Gasteiger partial charge in [0.05, 0.1) is 18.8 Å². The topological polar surface area (TPSA) is 65.9 Å². The van der Waals surface area contributed by atoms with Gasteiger partial charge in [-0.2, -0.15) is 0 Å². The van der Waals surface area contributed by atoms with E-state index in [0.29, 0.717) is 5.06 Å². The number of anilines is 1. The number of pyridine rings is 1. The maximum Gasteiger partial charge on any atom is 0.296 e. The number of carbonyl (C=O) groups is 1. The van der Waals surface area contributed by atoms with E-state index in [2.05, 4.69) is 9.88 Å². The summed E-state index contributed by atoms with van der Waals surface area (Å²) < 4.78 is 5.75. The van der Waals surface area contributed by atoms with Crippen LogP contribution in [0.4, 0.5) is 5.69 Å². The summed E-state index contributed by atoms with van der Waals surface area (Å²) in [7, 11) is 0. The number of carbonyl (C=O) groups excluding carboxylic acids is 1. The molecule has 6 nitrogen and oxygen atoms in total. The van der Waals surface area contributed by atoms with Crippen LogP contribution in [0.15, 0.2) is 48.7 Å². The van der Waals surface area contributed by atoms with E-state index in [-0.39, 0.29) is 24.4 Å². The minimum absolute atomic E-state index is 0.122. The molecule has 1 saturated heterocycles. The number of benzene rings is 1. The van der Waals surface area contributed by atoms with Crippen molar-refractivity contribution in [2.24, 2.45) is 0 Å². The molecule has 2 heterocycles. The minimum atomic E-state index is -0.514. The Morgan fingerprint density at radius 3 is 2.60 bits per heavy atom. The van der Waals surface area contributed by atoms with Crippen molar-refractivity contribution in [3.63, 3.8) is 0 Å². The van der Waals surface area contributed by atoms with Gasteiger partial charge in [-0.25, -0.2) is 5.06 Å². The average molecular weight is 341 g/mol. The lowest BCUT2D eigenvalue weighted by atomic mass is 10.2. The molecule has 1 aliphatic heterocycles. The lowest BCUT2D eigenvalue weighted by molar-refractivity contribution is -0.0652. The van der Waals surface area contributed by atoms with Gasteiger partial charge in [-0.15, -0.1) is 0 Å². The second kappa shape index (κ2) is 7.63. The molecule has 2 unspecified atom stereocenters. The first-order valence-electron chi connectivity index (χ1n) is 8.44. The summed E-state index contributed by atoms with van der Waals surface area (Å²) in [5, 5.41) is 10.8. The van der Waals surface area contributed by atoms with Gasteiger partial charge < -0.3 is 9.64 Å². The normalized spacial score (nSPS) is 20.4. The van der Waals surface area contributed by atoms with Crippen molar-refractivity contribution >= 4 is 11.6 Å². The highest BCUT2D eigenvalue weighted by atomic mass is 16.5. The Labute approximate surface area is 147 Å². The number of hydroxylamine groups is 2. The van der Waals surface area contributed by atoms with Crippen molar-refractivity contribution in [2.75, 3.05) is 18.0 Å². The summed E-state index contributed by atoms with van der Waals surface area (Å²) in [6, 6.07) is 12.9.